The lowest BCUT2D eigenvalue weighted by Gasteiger charge is -2.04. The number of rotatable bonds is 3. The van der Waals surface area contributed by atoms with Crippen molar-refractivity contribution in [2.24, 2.45) is 0 Å². The summed E-state index contributed by atoms with van der Waals surface area (Å²) in [4.78, 5) is 8.08. The number of ether oxygens (including phenoxy) is 1. The van der Waals surface area contributed by atoms with Gasteiger partial charge in [0.05, 0.1) is 13.7 Å². The molecule has 88 valence electrons. The lowest BCUT2D eigenvalue weighted by molar-refractivity contribution is 0.281. The van der Waals surface area contributed by atoms with Crippen molar-refractivity contribution >= 4 is 0 Å². The van der Waals surface area contributed by atoms with Gasteiger partial charge < -0.3 is 9.84 Å². The molecule has 0 saturated heterocycles. The van der Waals surface area contributed by atoms with Gasteiger partial charge in [0.25, 0.3) is 0 Å². The summed E-state index contributed by atoms with van der Waals surface area (Å²) in [5, 5.41) is 8.85. The van der Waals surface area contributed by atoms with E-state index < -0.39 is 5.82 Å². The average molecular weight is 234 g/mol. The molecule has 17 heavy (non-hydrogen) atoms. The molecular formula is C12H11FN2O2. The topological polar surface area (TPSA) is 55.2 Å². The van der Waals surface area contributed by atoms with Gasteiger partial charge in [-0.1, -0.05) is 0 Å². The minimum Gasteiger partial charge on any atom is -0.494 e. The SMILES string of the molecule is COc1ccc(-c2ncc(CO)cn2)cc1F. The van der Waals surface area contributed by atoms with Crippen molar-refractivity contribution in [3.63, 3.8) is 0 Å². The molecule has 0 aliphatic rings. The summed E-state index contributed by atoms with van der Waals surface area (Å²) in [6, 6.07) is 4.51. The molecule has 2 aromatic rings. The van der Waals surface area contributed by atoms with Crippen molar-refractivity contribution in [1.29, 1.82) is 0 Å². The largest absolute Gasteiger partial charge is 0.494 e. The van der Waals surface area contributed by atoms with E-state index in [-0.39, 0.29) is 12.4 Å². The molecule has 1 N–H and O–H groups in total. The monoisotopic (exact) mass is 234 g/mol. The highest BCUT2D eigenvalue weighted by molar-refractivity contribution is 5.56. The maximum absolute atomic E-state index is 13.5. The Balaban J connectivity index is 2.35. The minimum absolute atomic E-state index is 0.114. The van der Waals surface area contributed by atoms with Gasteiger partial charge in [-0.2, -0.15) is 0 Å². The number of aromatic nitrogens is 2. The standard InChI is InChI=1S/C12H11FN2O2/c1-17-11-3-2-9(4-10(11)13)12-14-5-8(7-16)6-15-12/h2-6,16H,7H2,1H3. The Morgan fingerprint density at radius 2 is 2.00 bits per heavy atom. The molecule has 0 spiro atoms. The van der Waals surface area contributed by atoms with Gasteiger partial charge in [-0.15, -0.1) is 0 Å². The van der Waals surface area contributed by atoms with E-state index in [1.54, 1.807) is 6.07 Å². The molecule has 0 aliphatic heterocycles. The number of aliphatic hydroxyl groups is 1. The van der Waals surface area contributed by atoms with Crippen LogP contribution in [0.15, 0.2) is 30.6 Å². The Kier molecular flexibility index (Phi) is 3.30. The van der Waals surface area contributed by atoms with Gasteiger partial charge in [0.1, 0.15) is 0 Å². The molecule has 0 amide bonds. The van der Waals surface area contributed by atoms with Gasteiger partial charge in [0.2, 0.25) is 0 Å². The zero-order valence-electron chi connectivity index (χ0n) is 9.22. The van der Waals surface area contributed by atoms with Crippen LogP contribution in [0.4, 0.5) is 4.39 Å². The molecule has 1 heterocycles. The van der Waals surface area contributed by atoms with Crippen LogP contribution in [0, 0.1) is 5.82 Å². The summed E-state index contributed by atoms with van der Waals surface area (Å²) in [7, 11) is 1.41. The normalized spacial score (nSPS) is 10.3. The molecule has 5 heteroatoms. The van der Waals surface area contributed by atoms with Crippen molar-refractivity contribution in [3.8, 4) is 17.1 Å². The van der Waals surface area contributed by atoms with E-state index in [2.05, 4.69) is 9.97 Å². The summed E-state index contributed by atoms with van der Waals surface area (Å²) < 4.78 is 18.3. The van der Waals surface area contributed by atoms with Crippen LogP contribution in [-0.4, -0.2) is 22.2 Å². The Morgan fingerprint density at radius 1 is 1.29 bits per heavy atom. The van der Waals surface area contributed by atoms with Crippen LogP contribution in [0.25, 0.3) is 11.4 Å². The molecule has 0 radical (unpaired) electrons. The van der Waals surface area contributed by atoms with Gasteiger partial charge in [-0.3, -0.25) is 0 Å². The summed E-state index contributed by atoms with van der Waals surface area (Å²) in [6.07, 6.45) is 3.01. The van der Waals surface area contributed by atoms with Gasteiger partial charge in [0.15, 0.2) is 17.4 Å². The molecule has 1 aromatic heterocycles. The van der Waals surface area contributed by atoms with E-state index in [0.29, 0.717) is 17.0 Å². The van der Waals surface area contributed by atoms with Crippen molar-refractivity contribution in [1.82, 2.24) is 9.97 Å². The molecule has 2 rings (SSSR count). The Morgan fingerprint density at radius 3 is 2.53 bits per heavy atom. The summed E-state index contributed by atoms with van der Waals surface area (Å²) in [5.41, 5.74) is 1.18. The van der Waals surface area contributed by atoms with E-state index in [4.69, 9.17) is 9.84 Å². The number of benzene rings is 1. The Labute approximate surface area is 97.7 Å². The third kappa shape index (κ3) is 2.39. The second kappa shape index (κ2) is 4.88. The Bertz CT molecular complexity index is 514. The van der Waals surface area contributed by atoms with Crippen molar-refractivity contribution < 1.29 is 14.2 Å². The van der Waals surface area contributed by atoms with E-state index in [1.165, 1.54) is 31.6 Å². The molecule has 0 bridgehead atoms. The van der Waals surface area contributed by atoms with E-state index in [1.807, 2.05) is 0 Å². The van der Waals surface area contributed by atoms with Crippen molar-refractivity contribution in [2.75, 3.05) is 7.11 Å². The first-order valence-electron chi connectivity index (χ1n) is 5.00. The predicted octanol–water partition coefficient (Wildman–Crippen LogP) is 1.78. The first-order chi connectivity index (χ1) is 8.24. The highest BCUT2D eigenvalue weighted by Gasteiger charge is 2.07. The molecular weight excluding hydrogens is 223 g/mol. The zero-order chi connectivity index (χ0) is 12.3. The van der Waals surface area contributed by atoms with Crippen LogP contribution in [-0.2, 0) is 6.61 Å². The van der Waals surface area contributed by atoms with Crippen LogP contribution < -0.4 is 4.74 Å². The molecule has 1 aromatic carbocycles. The molecule has 0 atom stereocenters. The van der Waals surface area contributed by atoms with E-state index in [9.17, 15) is 4.39 Å². The maximum atomic E-state index is 13.5. The van der Waals surface area contributed by atoms with Crippen LogP contribution >= 0.6 is 0 Å². The quantitative estimate of drug-likeness (QED) is 0.879. The highest BCUT2D eigenvalue weighted by Crippen LogP contribution is 2.22. The summed E-state index contributed by atoms with van der Waals surface area (Å²) in [6.45, 7) is -0.114. The van der Waals surface area contributed by atoms with Gasteiger partial charge in [-0.05, 0) is 18.2 Å². The van der Waals surface area contributed by atoms with Gasteiger partial charge in [-0.25, -0.2) is 14.4 Å². The van der Waals surface area contributed by atoms with Gasteiger partial charge in [0, 0.05) is 23.5 Å². The fraction of sp³-hybridized carbons (Fsp3) is 0.167. The van der Waals surface area contributed by atoms with Gasteiger partial charge >= 0.3 is 0 Å². The lowest BCUT2D eigenvalue weighted by atomic mass is 10.2. The second-order valence-corrected chi connectivity index (χ2v) is 3.42. The predicted molar refractivity (Wildman–Crippen MR) is 59.9 cm³/mol. The van der Waals surface area contributed by atoms with Crippen LogP contribution in [0.5, 0.6) is 5.75 Å². The number of aliphatic hydroxyl groups excluding tert-OH is 1. The van der Waals surface area contributed by atoms with E-state index >= 15 is 0 Å². The third-order valence-corrected chi connectivity index (χ3v) is 2.30. The smallest absolute Gasteiger partial charge is 0.165 e. The molecule has 0 unspecified atom stereocenters. The second-order valence-electron chi connectivity index (χ2n) is 3.42. The Hall–Kier alpha value is -2.01. The minimum atomic E-state index is -0.458. The molecule has 0 saturated carbocycles. The number of hydrogen-bond acceptors (Lipinski definition) is 4. The number of hydrogen-bond donors (Lipinski definition) is 1. The highest BCUT2D eigenvalue weighted by atomic mass is 19.1. The van der Waals surface area contributed by atoms with Crippen molar-refractivity contribution in [3.05, 3.63) is 42.0 Å². The fourth-order valence-electron chi connectivity index (χ4n) is 1.39. The van der Waals surface area contributed by atoms with E-state index in [0.717, 1.165) is 0 Å². The van der Waals surface area contributed by atoms with Crippen molar-refractivity contribution in [2.45, 2.75) is 6.61 Å². The van der Waals surface area contributed by atoms with Crippen LogP contribution in [0.2, 0.25) is 0 Å². The first kappa shape index (κ1) is 11.5. The zero-order valence-corrected chi connectivity index (χ0v) is 9.22. The number of halogens is 1. The van der Waals surface area contributed by atoms with Crippen LogP contribution in [0.3, 0.4) is 0 Å². The average Bonchev–Trinajstić information content (AvgIpc) is 2.39. The lowest BCUT2D eigenvalue weighted by Crippen LogP contribution is -1.94. The van der Waals surface area contributed by atoms with Crippen LogP contribution in [0.1, 0.15) is 5.56 Å². The molecule has 4 nitrogen and oxygen atoms in total. The number of nitrogens with zero attached hydrogens (tertiary/aromatic N) is 2. The number of methoxy groups -OCH3 is 1. The third-order valence-electron chi connectivity index (χ3n) is 2.30. The fourth-order valence-corrected chi connectivity index (χ4v) is 1.39. The first-order valence-corrected chi connectivity index (χ1v) is 5.00. The summed E-state index contributed by atoms with van der Waals surface area (Å²) >= 11 is 0. The summed E-state index contributed by atoms with van der Waals surface area (Å²) in [5.74, 6) is 0.129. The maximum Gasteiger partial charge on any atom is 0.165 e. The molecule has 0 aliphatic carbocycles. The molecule has 0 fully saturated rings.